The molecule has 1 heterocycles. The van der Waals surface area contributed by atoms with E-state index >= 15 is 0 Å². The number of hydrogen-bond acceptors (Lipinski definition) is 3. The topological polar surface area (TPSA) is 73.2 Å². The molecule has 0 saturated carbocycles. The van der Waals surface area contributed by atoms with Gasteiger partial charge in [0.05, 0.1) is 17.7 Å². The molecule has 1 fully saturated rings. The fourth-order valence-corrected chi connectivity index (χ4v) is 3.05. The van der Waals surface area contributed by atoms with Crippen molar-refractivity contribution in [2.75, 3.05) is 11.4 Å². The molecule has 0 aliphatic carbocycles. The van der Waals surface area contributed by atoms with E-state index in [1.54, 1.807) is 23.1 Å². The van der Waals surface area contributed by atoms with E-state index in [0.717, 1.165) is 29.8 Å². The minimum atomic E-state index is -0.189. The van der Waals surface area contributed by atoms with Crippen molar-refractivity contribution in [2.45, 2.75) is 25.8 Å². The number of nitriles is 1. The van der Waals surface area contributed by atoms with Crippen LogP contribution in [0.3, 0.4) is 0 Å². The maximum atomic E-state index is 12.1. The van der Waals surface area contributed by atoms with E-state index in [2.05, 4.69) is 11.4 Å². The van der Waals surface area contributed by atoms with Crippen LogP contribution in [0.1, 0.15) is 42.5 Å². The first kappa shape index (κ1) is 18.4. The Balaban J connectivity index is 1.57. The van der Waals surface area contributed by atoms with Crippen LogP contribution < -0.4 is 10.2 Å². The molecule has 0 bridgehead atoms. The monoisotopic (exact) mass is 359 g/mol. The summed E-state index contributed by atoms with van der Waals surface area (Å²) in [6, 6.07) is 16.7. The molecule has 0 radical (unpaired) electrons. The van der Waals surface area contributed by atoms with Crippen LogP contribution in [-0.2, 0) is 9.59 Å². The van der Waals surface area contributed by atoms with Crippen LogP contribution in [0.15, 0.2) is 54.6 Å². The Kier molecular flexibility index (Phi) is 5.68. The Bertz CT molecular complexity index is 893. The van der Waals surface area contributed by atoms with Crippen molar-refractivity contribution >= 4 is 23.6 Å². The standard InChI is InChI=1S/C22H21N3O2/c1-16(19-9-4-18(15-23)5-10-19)24-21(26)13-8-17-6-11-20(12-7-17)25-14-2-3-22(25)27/h4-13,16H,2-3,14H2,1H3,(H,24,26)/b13-8+. The van der Waals surface area contributed by atoms with Crippen molar-refractivity contribution in [1.29, 1.82) is 5.26 Å². The zero-order valence-corrected chi connectivity index (χ0v) is 15.2. The third-order valence-corrected chi connectivity index (χ3v) is 4.60. The maximum absolute atomic E-state index is 12.1. The Hall–Kier alpha value is -3.39. The Morgan fingerprint density at radius 1 is 1.19 bits per heavy atom. The zero-order chi connectivity index (χ0) is 19.2. The minimum Gasteiger partial charge on any atom is -0.346 e. The fourth-order valence-electron chi connectivity index (χ4n) is 3.05. The number of nitrogens with one attached hydrogen (secondary N) is 1. The minimum absolute atomic E-state index is 0.154. The Morgan fingerprint density at radius 2 is 1.89 bits per heavy atom. The molecule has 5 nitrogen and oxygen atoms in total. The van der Waals surface area contributed by atoms with Crippen molar-refractivity contribution in [2.24, 2.45) is 0 Å². The summed E-state index contributed by atoms with van der Waals surface area (Å²) in [5.74, 6) is -0.0277. The van der Waals surface area contributed by atoms with Crippen LogP contribution in [0.2, 0.25) is 0 Å². The lowest BCUT2D eigenvalue weighted by Crippen LogP contribution is -2.24. The first-order valence-corrected chi connectivity index (χ1v) is 8.96. The summed E-state index contributed by atoms with van der Waals surface area (Å²) in [4.78, 5) is 25.7. The number of carbonyl (C=O) groups is 2. The highest BCUT2D eigenvalue weighted by molar-refractivity contribution is 5.95. The van der Waals surface area contributed by atoms with Gasteiger partial charge in [-0.1, -0.05) is 24.3 Å². The summed E-state index contributed by atoms with van der Waals surface area (Å²) in [7, 11) is 0. The Labute approximate surface area is 158 Å². The highest BCUT2D eigenvalue weighted by atomic mass is 16.2. The molecular weight excluding hydrogens is 338 g/mol. The highest BCUT2D eigenvalue weighted by Crippen LogP contribution is 2.22. The molecule has 1 saturated heterocycles. The van der Waals surface area contributed by atoms with E-state index in [1.807, 2.05) is 43.3 Å². The van der Waals surface area contributed by atoms with Gasteiger partial charge >= 0.3 is 0 Å². The molecule has 3 rings (SSSR count). The molecule has 2 aromatic rings. The first-order chi connectivity index (χ1) is 13.1. The number of nitrogens with zero attached hydrogens (tertiary/aromatic N) is 2. The molecule has 1 unspecified atom stereocenters. The molecule has 136 valence electrons. The second-order valence-corrected chi connectivity index (χ2v) is 6.54. The van der Waals surface area contributed by atoms with E-state index in [4.69, 9.17) is 5.26 Å². The van der Waals surface area contributed by atoms with Gasteiger partial charge in [0, 0.05) is 24.7 Å². The number of rotatable bonds is 5. The van der Waals surface area contributed by atoms with E-state index < -0.39 is 0 Å². The second kappa shape index (κ2) is 8.33. The lowest BCUT2D eigenvalue weighted by Gasteiger charge is -2.15. The van der Waals surface area contributed by atoms with Crippen molar-refractivity contribution in [3.05, 3.63) is 71.3 Å². The Morgan fingerprint density at radius 3 is 2.48 bits per heavy atom. The van der Waals surface area contributed by atoms with Crippen molar-refractivity contribution in [3.63, 3.8) is 0 Å². The molecule has 1 aliphatic heterocycles. The summed E-state index contributed by atoms with van der Waals surface area (Å²) in [5.41, 5.74) is 3.33. The van der Waals surface area contributed by atoms with Gasteiger partial charge in [0.1, 0.15) is 0 Å². The van der Waals surface area contributed by atoms with Gasteiger partial charge in [-0.2, -0.15) is 5.26 Å². The average molecular weight is 359 g/mol. The van der Waals surface area contributed by atoms with Gasteiger partial charge in [0.15, 0.2) is 0 Å². The molecule has 5 heteroatoms. The smallest absolute Gasteiger partial charge is 0.244 e. The lowest BCUT2D eigenvalue weighted by molar-refractivity contribution is -0.117. The fraction of sp³-hybridized carbons (Fsp3) is 0.227. The van der Waals surface area contributed by atoms with Crippen LogP contribution >= 0.6 is 0 Å². The largest absolute Gasteiger partial charge is 0.346 e. The number of carbonyl (C=O) groups excluding carboxylic acids is 2. The van der Waals surface area contributed by atoms with Gasteiger partial charge in [-0.25, -0.2) is 0 Å². The van der Waals surface area contributed by atoms with Crippen LogP contribution in [0, 0.1) is 11.3 Å². The van der Waals surface area contributed by atoms with Gasteiger partial charge in [-0.05, 0) is 54.8 Å². The molecule has 1 aliphatic rings. The van der Waals surface area contributed by atoms with Crippen LogP contribution in [0.5, 0.6) is 0 Å². The number of hydrogen-bond donors (Lipinski definition) is 1. The van der Waals surface area contributed by atoms with Crippen molar-refractivity contribution in [1.82, 2.24) is 5.32 Å². The number of amides is 2. The summed E-state index contributed by atoms with van der Waals surface area (Å²) >= 11 is 0. The molecule has 1 atom stereocenters. The van der Waals surface area contributed by atoms with Crippen LogP contribution in [-0.4, -0.2) is 18.4 Å². The molecule has 2 amide bonds. The van der Waals surface area contributed by atoms with Crippen LogP contribution in [0.4, 0.5) is 5.69 Å². The second-order valence-electron chi connectivity index (χ2n) is 6.54. The summed E-state index contributed by atoms with van der Waals surface area (Å²) in [6.45, 7) is 2.67. The molecule has 2 aromatic carbocycles. The first-order valence-electron chi connectivity index (χ1n) is 8.96. The lowest BCUT2D eigenvalue weighted by atomic mass is 10.1. The van der Waals surface area contributed by atoms with Crippen LogP contribution in [0.25, 0.3) is 6.08 Å². The molecule has 0 aromatic heterocycles. The molecular formula is C22H21N3O2. The summed E-state index contributed by atoms with van der Waals surface area (Å²) in [5, 5.41) is 11.7. The quantitative estimate of drug-likeness (QED) is 0.830. The third-order valence-electron chi connectivity index (χ3n) is 4.60. The predicted molar refractivity (Wildman–Crippen MR) is 105 cm³/mol. The van der Waals surface area contributed by atoms with E-state index in [1.165, 1.54) is 6.08 Å². The van der Waals surface area contributed by atoms with E-state index in [-0.39, 0.29) is 17.9 Å². The van der Waals surface area contributed by atoms with Crippen molar-refractivity contribution < 1.29 is 9.59 Å². The third kappa shape index (κ3) is 4.62. The van der Waals surface area contributed by atoms with Crippen molar-refractivity contribution in [3.8, 4) is 6.07 Å². The summed E-state index contributed by atoms with van der Waals surface area (Å²) in [6.07, 6.45) is 4.75. The van der Waals surface area contributed by atoms with Gasteiger partial charge in [-0.3, -0.25) is 9.59 Å². The molecule has 0 spiro atoms. The molecule has 27 heavy (non-hydrogen) atoms. The van der Waals surface area contributed by atoms with E-state index in [9.17, 15) is 9.59 Å². The average Bonchev–Trinajstić information content (AvgIpc) is 3.12. The van der Waals surface area contributed by atoms with Gasteiger partial charge < -0.3 is 10.2 Å². The van der Waals surface area contributed by atoms with E-state index in [0.29, 0.717) is 12.0 Å². The van der Waals surface area contributed by atoms with Gasteiger partial charge in [0.2, 0.25) is 11.8 Å². The normalized spacial score (nSPS) is 15.0. The maximum Gasteiger partial charge on any atom is 0.244 e. The SMILES string of the molecule is CC(NC(=O)/C=C/c1ccc(N2CCCC2=O)cc1)c1ccc(C#N)cc1. The van der Waals surface area contributed by atoms with Gasteiger partial charge in [-0.15, -0.1) is 0 Å². The summed E-state index contributed by atoms with van der Waals surface area (Å²) < 4.78 is 0. The number of anilines is 1. The highest BCUT2D eigenvalue weighted by Gasteiger charge is 2.21. The predicted octanol–water partition coefficient (Wildman–Crippen LogP) is 3.58. The molecule has 1 N–H and O–H groups in total. The number of benzene rings is 2. The van der Waals surface area contributed by atoms with Gasteiger partial charge in [0.25, 0.3) is 0 Å². The zero-order valence-electron chi connectivity index (χ0n) is 15.2.